The number of aromatic nitrogens is 1. The number of carbonyl (C=O) groups is 2. The minimum Gasteiger partial charge on any atom is -0.326 e. The number of nitrogens with one attached hydrogen (secondary N) is 1. The van der Waals surface area contributed by atoms with Crippen molar-refractivity contribution < 1.29 is 14.0 Å². The average molecular weight is 401 g/mol. The second kappa shape index (κ2) is 8.92. The zero-order valence-electron chi connectivity index (χ0n) is 14.6. The molecular weight excluding hydrogens is 383 g/mol. The van der Waals surface area contributed by atoms with Crippen LogP contribution >= 0.6 is 23.1 Å². The Morgan fingerprint density at radius 1 is 1.11 bits per heavy atom. The summed E-state index contributed by atoms with van der Waals surface area (Å²) in [5, 5.41) is 4.67. The summed E-state index contributed by atoms with van der Waals surface area (Å²) in [6.07, 6.45) is 0.183. The van der Waals surface area contributed by atoms with Crippen molar-refractivity contribution in [3.63, 3.8) is 0 Å². The number of hydrogen-bond acceptors (Lipinski definition) is 5. The fraction of sp³-hybridized carbons (Fsp3) is 0.150. The van der Waals surface area contributed by atoms with Crippen LogP contribution in [0.25, 0.3) is 0 Å². The van der Waals surface area contributed by atoms with Crippen LogP contribution in [0.15, 0.2) is 58.3 Å². The largest absolute Gasteiger partial charge is 0.326 e. The number of Topliss-reactive ketones (excluding diaryl/α,β-unsaturated/α-hetero) is 1. The second-order valence-electron chi connectivity index (χ2n) is 5.88. The van der Waals surface area contributed by atoms with Gasteiger partial charge in [-0.05, 0) is 48.9 Å². The van der Waals surface area contributed by atoms with Gasteiger partial charge >= 0.3 is 0 Å². The van der Waals surface area contributed by atoms with E-state index in [1.807, 2.05) is 5.38 Å². The average Bonchev–Trinajstić information content (AvgIpc) is 3.09. The second-order valence-corrected chi connectivity index (χ2v) is 7.96. The Morgan fingerprint density at radius 2 is 1.81 bits per heavy atom. The highest BCUT2D eigenvalue weighted by molar-refractivity contribution is 8.00. The van der Waals surface area contributed by atoms with Crippen LogP contribution in [0.2, 0.25) is 0 Å². The lowest BCUT2D eigenvalue weighted by Crippen LogP contribution is -2.14. The van der Waals surface area contributed by atoms with Crippen LogP contribution in [0.5, 0.6) is 0 Å². The number of thiazole rings is 1. The maximum atomic E-state index is 12.9. The lowest BCUT2D eigenvalue weighted by Gasteiger charge is -2.04. The van der Waals surface area contributed by atoms with Crippen LogP contribution in [0.1, 0.15) is 28.5 Å². The van der Waals surface area contributed by atoms with E-state index in [1.165, 1.54) is 30.4 Å². The molecule has 27 heavy (non-hydrogen) atoms. The first-order valence-electron chi connectivity index (χ1n) is 8.22. The van der Waals surface area contributed by atoms with Crippen molar-refractivity contribution in [1.82, 2.24) is 4.98 Å². The third kappa shape index (κ3) is 5.74. The first-order valence-corrected chi connectivity index (χ1v) is 10.1. The molecule has 1 heterocycles. The van der Waals surface area contributed by atoms with Crippen molar-refractivity contribution in [3.8, 4) is 0 Å². The van der Waals surface area contributed by atoms with Gasteiger partial charge in [-0.2, -0.15) is 0 Å². The van der Waals surface area contributed by atoms with E-state index in [0.29, 0.717) is 22.7 Å². The molecule has 4 nitrogen and oxygen atoms in total. The predicted octanol–water partition coefficient (Wildman–Crippen LogP) is 4.96. The maximum Gasteiger partial charge on any atom is 0.230 e. The highest BCUT2D eigenvalue weighted by Crippen LogP contribution is 2.26. The SMILES string of the molecule is CC(=O)c1ccc(NC(=O)Cc2csc(SCc3ccc(F)cc3)n2)cc1. The van der Waals surface area contributed by atoms with Gasteiger partial charge < -0.3 is 5.32 Å². The highest BCUT2D eigenvalue weighted by atomic mass is 32.2. The van der Waals surface area contributed by atoms with E-state index < -0.39 is 0 Å². The normalized spacial score (nSPS) is 10.6. The topological polar surface area (TPSA) is 59.1 Å². The summed E-state index contributed by atoms with van der Waals surface area (Å²) in [5.41, 5.74) is 2.98. The molecule has 0 spiro atoms. The van der Waals surface area contributed by atoms with Gasteiger partial charge in [0.1, 0.15) is 10.2 Å². The number of amides is 1. The van der Waals surface area contributed by atoms with E-state index in [4.69, 9.17) is 0 Å². The Bertz CT molecular complexity index is 937. The number of halogens is 1. The molecule has 0 unspecified atom stereocenters. The van der Waals surface area contributed by atoms with Gasteiger partial charge in [-0.25, -0.2) is 9.37 Å². The summed E-state index contributed by atoms with van der Waals surface area (Å²) in [5.74, 6) is 0.274. The third-order valence-corrected chi connectivity index (χ3v) is 5.86. The van der Waals surface area contributed by atoms with Crippen molar-refractivity contribution in [1.29, 1.82) is 0 Å². The van der Waals surface area contributed by atoms with Gasteiger partial charge in [-0.1, -0.05) is 23.9 Å². The zero-order chi connectivity index (χ0) is 19.2. The monoisotopic (exact) mass is 400 g/mol. The van der Waals surface area contributed by atoms with Crippen molar-refractivity contribution in [3.05, 3.63) is 76.5 Å². The van der Waals surface area contributed by atoms with Gasteiger partial charge in [0.2, 0.25) is 5.91 Å². The van der Waals surface area contributed by atoms with Crippen LogP contribution in [0.3, 0.4) is 0 Å². The molecule has 0 aliphatic heterocycles. The first-order chi connectivity index (χ1) is 13.0. The van der Waals surface area contributed by atoms with Crippen LogP contribution in [0, 0.1) is 5.82 Å². The van der Waals surface area contributed by atoms with Gasteiger partial charge in [0.25, 0.3) is 0 Å². The fourth-order valence-electron chi connectivity index (χ4n) is 2.32. The molecule has 1 amide bonds. The Morgan fingerprint density at radius 3 is 2.48 bits per heavy atom. The molecule has 3 aromatic rings. The Kier molecular flexibility index (Phi) is 6.36. The number of carbonyl (C=O) groups excluding carboxylic acids is 2. The minimum atomic E-state index is -0.248. The van der Waals surface area contributed by atoms with Gasteiger partial charge in [0.15, 0.2) is 5.78 Å². The van der Waals surface area contributed by atoms with E-state index in [0.717, 1.165) is 9.90 Å². The predicted molar refractivity (Wildman–Crippen MR) is 107 cm³/mol. The molecule has 0 saturated carbocycles. The van der Waals surface area contributed by atoms with E-state index in [9.17, 15) is 14.0 Å². The number of thioether (sulfide) groups is 1. The number of anilines is 1. The number of rotatable bonds is 7. The van der Waals surface area contributed by atoms with Crippen molar-refractivity contribution in [2.24, 2.45) is 0 Å². The van der Waals surface area contributed by atoms with Crippen LogP contribution in [0.4, 0.5) is 10.1 Å². The Hall–Kier alpha value is -2.51. The lowest BCUT2D eigenvalue weighted by molar-refractivity contribution is -0.115. The minimum absolute atomic E-state index is 0.0129. The lowest BCUT2D eigenvalue weighted by atomic mass is 10.1. The smallest absolute Gasteiger partial charge is 0.230 e. The fourth-order valence-corrected chi connectivity index (χ4v) is 4.12. The summed E-state index contributed by atoms with van der Waals surface area (Å²) in [6.45, 7) is 1.50. The van der Waals surface area contributed by atoms with Crippen LogP contribution < -0.4 is 5.32 Å². The Balaban J connectivity index is 1.51. The highest BCUT2D eigenvalue weighted by Gasteiger charge is 2.09. The molecule has 0 aliphatic rings. The standard InChI is InChI=1S/C20H17FN2O2S2/c1-13(24)15-4-8-17(9-5-15)22-19(25)10-18-12-27-20(23-18)26-11-14-2-6-16(21)7-3-14/h2-9,12H,10-11H2,1H3,(H,22,25). The molecule has 0 saturated heterocycles. The Labute approximate surface area is 164 Å². The van der Waals surface area contributed by atoms with Gasteiger partial charge in [-0.15, -0.1) is 11.3 Å². The molecule has 0 aliphatic carbocycles. The number of benzene rings is 2. The summed E-state index contributed by atoms with van der Waals surface area (Å²) in [7, 11) is 0. The van der Waals surface area contributed by atoms with Gasteiger partial charge in [0, 0.05) is 22.4 Å². The van der Waals surface area contributed by atoms with Crippen molar-refractivity contribution in [2.45, 2.75) is 23.4 Å². The maximum absolute atomic E-state index is 12.9. The first kappa shape index (κ1) is 19.3. The molecule has 0 fully saturated rings. The zero-order valence-corrected chi connectivity index (χ0v) is 16.2. The molecule has 7 heteroatoms. The summed E-state index contributed by atoms with van der Waals surface area (Å²) < 4.78 is 13.8. The molecule has 1 aromatic heterocycles. The molecule has 138 valence electrons. The quantitative estimate of drug-likeness (QED) is 0.450. The third-order valence-electron chi connectivity index (χ3n) is 3.72. The van der Waals surface area contributed by atoms with E-state index >= 15 is 0 Å². The molecular formula is C20H17FN2O2S2. The molecule has 0 atom stereocenters. The van der Waals surface area contributed by atoms with E-state index in [-0.39, 0.29) is 23.9 Å². The molecule has 0 radical (unpaired) electrons. The molecule has 1 N–H and O–H groups in total. The number of hydrogen-bond donors (Lipinski definition) is 1. The van der Waals surface area contributed by atoms with Gasteiger partial charge in [-0.3, -0.25) is 9.59 Å². The van der Waals surface area contributed by atoms with E-state index in [2.05, 4.69) is 10.3 Å². The van der Waals surface area contributed by atoms with Crippen molar-refractivity contribution >= 4 is 40.5 Å². The number of ketones is 1. The van der Waals surface area contributed by atoms with Gasteiger partial charge in [0.05, 0.1) is 12.1 Å². The number of nitrogens with zero attached hydrogens (tertiary/aromatic N) is 1. The van der Waals surface area contributed by atoms with E-state index in [1.54, 1.807) is 48.2 Å². The molecule has 2 aromatic carbocycles. The van der Waals surface area contributed by atoms with Crippen molar-refractivity contribution in [2.75, 3.05) is 5.32 Å². The summed E-state index contributed by atoms with van der Waals surface area (Å²) >= 11 is 3.04. The van der Waals surface area contributed by atoms with Crippen LogP contribution in [-0.2, 0) is 17.0 Å². The molecule has 3 rings (SSSR count). The summed E-state index contributed by atoms with van der Waals surface area (Å²) in [6, 6.07) is 13.2. The summed E-state index contributed by atoms with van der Waals surface area (Å²) in [4.78, 5) is 27.9. The van der Waals surface area contributed by atoms with Crippen LogP contribution in [-0.4, -0.2) is 16.7 Å². The molecule has 0 bridgehead atoms.